The maximum absolute atomic E-state index is 11.6. The van der Waals surface area contributed by atoms with Crippen LogP contribution in [0.2, 0.25) is 10.0 Å². The maximum Gasteiger partial charge on any atom is 0.220 e. The molecule has 5 nitrogen and oxygen atoms in total. The van der Waals surface area contributed by atoms with Gasteiger partial charge in [-0.05, 0) is 12.1 Å². The van der Waals surface area contributed by atoms with E-state index in [0.717, 1.165) is 16.8 Å². The molecule has 22 heavy (non-hydrogen) atoms. The van der Waals surface area contributed by atoms with Gasteiger partial charge < -0.3 is 10.6 Å². The van der Waals surface area contributed by atoms with Gasteiger partial charge in [-0.25, -0.2) is 9.97 Å². The second kappa shape index (κ2) is 5.74. The van der Waals surface area contributed by atoms with Crippen molar-refractivity contribution in [2.45, 2.75) is 19.9 Å². The highest BCUT2D eigenvalue weighted by Gasteiger charge is 2.24. The normalized spacial score (nSPS) is 13.9. The van der Waals surface area contributed by atoms with Crippen LogP contribution >= 0.6 is 23.2 Å². The van der Waals surface area contributed by atoms with Crippen molar-refractivity contribution in [1.29, 1.82) is 0 Å². The summed E-state index contributed by atoms with van der Waals surface area (Å²) in [5, 5.41) is 0.927. The summed E-state index contributed by atoms with van der Waals surface area (Å²) in [6, 6.07) is 5.30. The monoisotopic (exact) mass is 336 g/mol. The number of hydrogen-bond acceptors (Lipinski definition) is 4. The van der Waals surface area contributed by atoms with E-state index in [-0.39, 0.29) is 11.9 Å². The highest BCUT2D eigenvalue weighted by molar-refractivity contribution is 6.42. The van der Waals surface area contributed by atoms with E-state index < -0.39 is 0 Å². The van der Waals surface area contributed by atoms with Crippen molar-refractivity contribution in [3.8, 4) is 11.3 Å². The van der Waals surface area contributed by atoms with Crippen LogP contribution in [0.3, 0.4) is 0 Å². The van der Waals surface area contributed by atoms with Crippen molar-refractivity contribution in [2.24, 2.45) is 0 Å². The highest BCUT2D eigenvalue weighted by atomic mass is 35.5. The zero-order valence-electron chi connectivity index (χ0n) is 11.9. The highest BCUT2D eigenvalue weighted by Crippen LogP contribution is 2.32. The van der Waals surface area contributed by atoms with Gasteiger partial charge in [0.05, 0.1) is 21.4 Å². The minimum atomic E-state index is 0.0302. The van der Waals surface area contributed by atoms with E-state index >= 15 is 0 Å². The number of fused-ring (bicyclic) bond motifs is 1. The van der Waals surface area contributed by atoms with Crippen molar-refractivity contribution in [3.05, 3.63) is 39.5 Å². The molecule has 1 aromatic heterocycles. The molecule has 7 heteroatoms. The molecule has 114 valence electrons. The number of carbonyl (C=O) groups is 1. The molecule has 2 heterocycles. The van der Waals surface area contributed by atoms with Crippen LogP contribution < -0.4 is 5.73 Å². The lowest BCUT2D eigenvalue weighted by Crippen LogP contribution is -2.35. The van der Waals surface area contributed by atoms with Gasteiger partial charge in [-0.1, -0.05) is 29.3 Å². The lowest BCUT2D eigenvalue weighted by Gasteiger charge is -2.28. The third-order valence-electron chi connectivity index (χ3n) is 3.72. The average Bonchev–Trinajstić information content (AvgIpc) is 2.48. The Morgan fingerprint density at radius 2 is 2.05 bits per heavy atom. The predicted molar refractivity (Wildman–Crippen MR) is 86.7 cm³/mol. The van der Waals surface area contributed by atoms with E-state index in [2.05, 4.69) is 9.97 Å². The first-order chi connectivity index (χ1) is 10.5. The van der Waals surface area contributed by atoms with Crippen molar-refractivity contribution < 1.29 is 4.79 Å². The Hall–Kier alpha value is -1.85. The summed E-state index contributed by atoms with van der Waals surface area (Å²) in [4.78, 5) is 22.1. The molecular weight excluding hydrogens is 323 g/mol. The SMILES string of the molecule is CC(=O)N1CCc2nc(N)nc(-c3ccc(Cl)c(Cl)c3)c2C1. The van der Waals surface area contributed by atoms with Crippen LogP contribution in [0.4, 0.5) is 5.95 Å². The fourth-order valence-electron chi connectivity index (χ4n) is 2.58. The fourth-order valence-corrected chi connectivity index (χ4v) is 2.88. The van der Waals surface area contributed by atoms with Gasteiger partial charge in [0.15, 0.2) is 0 Å². The topological polar surface area (TPSA) is 72.1 Å². The third-order valence-corrected chi connectivity index (χ3v) is 4.45. The van der Waals surface area contributed by atoms with E-state index in [9.17, 15) is 4.79 Å². The molecule has 0 radical (unpaired) electrons. The number of anilines is 1. The second-order valence-corrected chi connectivity index (χ2v) is 5.99. The van der Waals surface area contributed by atoms with Crippen LogP contribution in [-0.2, 0) is 17.8 Å². The van der Waals surface area contributed by atoms with Crippen LogP contribution in [0, 0.1) is 0 Å². The van der Waals surface area contributed by atoms with Crippen LogP contribution in [0.15, 0.2) is 18.2 Å². The third kappa shape index (κ3) is 2.74. The Bertz CT molecular complexity index is 763. The lowest BCUT2D eigenvalue weighted by atomic mass is 9.99. The quantitative estimate of drug-likeness (QED) is 0.868. The summed E-state index contributed by atoms with van der Waals surface area (Å²) < 4.78 is 0. The molecule has 1 aliphatic rings. The van der Waals surface area contributed by atoms with Gasteiger partial charge in [0.2, 0.25) is 11.9 Å². The molecule has 1 amide bonds. The predicted octanol–water partition coefficient (Wildman–Crippen LogP) is 2.94. The first-order valence-electron chi connectivity index (χ1n) is 6.82. The number of rotatable bonds is 1. The minimum Gasteiger partial charge on any atom is -0.368 e. The van der Waals surface area contributed by atoms with Gasteiger partial charge in [-0.3, -0.25) is 4.79 Å². The molecule has 0 saturated heterocycles. The van der Waals surface area contributed by atoms with Gasteiger partial charge in [0.1, 0.15) is 0 Å². The molecule has 3 rings (SSSR count). The zero-order valence-corrected chi connectivity index (χ0v) is 13.4. The molecule has 0 spiro atoms. The van der Waals surface area contributed by atoms with Gasteiger partial charge in [-0.15, -0.1) is 0 Å². The number of carbonyl (C=O) groups excluding carboxylic acids is 1. The molecule has 0 atom stereocenters. The number of benzene rings is 1. The van der Waals surface area contributed by atoms with E-state index in [4.69, 9.17) is 28.9 Å². The Morgan fingerprint density at radius 3 is 2.73 bits per heavy atom. The maximum atomic E-state index is 11.6. The fraction of sp³-hybridized carbons (Fsp3) is 0.267. The molecule has 0 aliphatic carbocycles. The van der Waals surface area contributed by atoms with Crippen LogP contribution in [0.5, 0.6) is 0 Å². The molecular formula is C15H14Cl2N4O. The number of nitrogens with two attached hydrogens (primary N) is 1. The Kier molecular flexibility index (Phi) is 3.93. The molecule has 0 bridgehead atoms. The molecule has 2 N–H and O–H groups in total. The van der Waals surface area contributed by atoms with Crippen LogP contribution in [0.1, 0.15) is 18.2 Å². The minimum absolute atomic E-state index is 0.0302. The van der Waals surface area contributed by atoms with E-state index in [1.54, 1.807) is 24.0 Å². The number of nitrogens with zero attached hydrogens (tertiary/aromatic N) is 3. The van der Waals surface area contributed by atoms with Crippen molar-refractivity contribution in [1.82, 2.24) is 14.9 Å². The number of nitrogen functional groups attached to an aromatic ring is 1. The number of halogens is 2. The molecule has 0 unspecified atom stereocenters. The lowest BCUT2D eigenvalue weighted by molar-refractivity contribution is -0.129. The Morgan fingerprint density at radius 1 is 1.27 bits per heavy atom. The first kappa shape index (κ1) is 15.1. The van der Waals surface area contributed by atoms with Crippen molar-refractivity contribution in [3.63, 3.8) is 0 Å². The average molecular weight is 337 g/mol. The molecule has 2 aromatic rings. The summed E-state index contributed by atoms with van der Waals surface area (Å²) >= 11 is 12.1. The molecule has 0 saturated carbocycles. The molecule has 1 aliphatic heterocycles. The van der Waals surface area contributed by atoms with Gasteiger partial charge >= 0.3 is 0 Å². The summed E-state index contributed by atoms with van der Waals surface area (Å²) in [6.45, 7) is 2.67. The summed E-state index contributed by atoms with van der Waals surface area (Å²) in [7, 11) is 0. The smallest absolute Gasteiger partial charge is 0.220 e. The molecule has 1 aromatic carbocycles. The van der Waals surface area contributed by atoms with Gasteiger partial charge in [0.25, 0.3) is 0 Å². The molecule has 0 fully saturated rings. The van der Waals surface area contributed by atoms with E-state index in [1.165, 1.54) is 0 Å². The second-order valence-electron chi connectivity index (χ2n) is 5.18. The largest absolute Gasteiger partial charge is 0.368 e. The standard InChI is InChI=1S/C15H14Cl2N4O/c1-8(22)21-5-4-13-10(7-21)14(20-15(18)19-13)9-2-3-11(16)12(17)6-9/h2-3,6H,4-5,7H2,1H3,(H2,18,19,20). The van der Waals surface area contributed by atoms with Crippen molar-refractivity contribution in [2.75, 3.05) is 12.3 Å². The Balaban J connectivity index is 2.13. The van der Waals surface area contributed by atoms with Gasteiger partial charge in [-0.2, -0.15) is 0 Å². The number of amides is 1. The van der Waals surface area contributed by atoms with Crippen LogP contribution in [-0.4, -0.2) is 27.3 Å². The number of hydrogen-bond donors (Lipinski definition) is 1. The van der Waals surface area contributed by atoms with E-state index in [0.29, 0.717) is 35.2 Å². The summed E-state index contributed by atoms with van der Waals surface area (Å²) in [5.41, 5.74) is 9.12. The summed E-state index contributed by atoms with van der Waals surface area (Å²) in [5.74, 6) is 0.249. The van der Waals surface area contributed by atoms with Crippen molar-refractivity contribution >= 4 is 35.1 Å². The Labute approximate surface area is 138 Å². The van der Waals surface area contributed by atoms with Gasteiger partial charge in [0, 0.05) is 37.6 Å². The summed E-state index contributed by atoms with van der Waals surface area (Å²) in [6.07, 6.45) is 0.663. The first-order valence-corrected chi connectivity index (χ1v) is 7.57. The zero-order chi connectivity index (χ0) is 15.9. The number of aromatic nitrogens is 2. The van der Waals surface area contributed by atoms with Crippen LogP contribution in [0.25, 0.3) is 11.3 Å². The van der Waals surface area contributed by atoms with E-state index in [1.807, 2.05) is 6.07 Å².